The molecular weight excluding hydrogens is 486 g/mol. The maximum atomic E-state index is 13.4. The summed E-state index contributed by atoms with van der Waals surface area (Å²) in [6.07, 6.45) is 0. The third-order valence-corrected chi connectivity index (χ3v) is 6.74. The van der Waals surface area contributed by atoms with Crippen LogP contribution in [0.4, 0.5) is 11.4 Å². The van der Waals surface area contributed by atoms with Crippen molar-refractivity contribution in [2.24, 2.45) is 5.73 Å². The summed E-state index contributed by atoms with van der Waals surface area (Å²) >= 11 is 1.33. The summed E-state index contributed by atoms with van der Waals surface area (Å²) in [4.78, 5) is 38.7. The SMILES string of the molecule is COc1ccc(C(=O)Nc2cccc(SC(C(=O)Nc3ccccc3C(N)=O)c3ccccc3)c2)cc1. The molecule has 0 aliphatic carbocycles. The molecule has 37 heavy (non-hydrogen) atoms. The van der Waals surface area contributed by atoms with Gasteiger partial charge in [0, 0.05) is 16.1 Å². The van der Waals surface area contributed by atoms with Crippen molar-refractivity contribution in [1.29, 1.82) is 0 Å². The molecule has 4 aromatic rings. The number of ether oxygens (including phenoxy) is 1. The van der Waals surface area contributed by atoms with Gasteiger partial charge < -0.3 is 21.1 Å². The molecule has 0 aliphatic rings. The van der Waals surface area contributed by atoms with Crippen molar-refractivity contribution in [2.75, 3.05) is 17.7 Å². The number of thioether (sulfide) groups is 1. The number of amides is 3. The van der Waals surface area contributed by atoms with Crippen LogP contribution in [0, 0.1) is 0 Å². The van der Waals surface area contributed by atoms with E-state index in [1.54, 1.807) is 61.7 Å². The molecule has 186 valence electrons. The molecule has 0 fully saturated rings. The Kier molecular flexibility index (Phi) is 8.22. The number of carbonyl (C=O) groups is 3. The zero-order chi connectivity index (χ0) is 26.2. The highest BCUT2D eigenvalue weighted by atomic mass is 32.2. The first-order valence-corrected chi connectivity index (χ1v) is 12.3. The maximum Gasteiger partial charge on any atom is 0.255 e. The van der Waals surface area contributed by atoms with Crippen molar-refractivity contribution >= 4 is 40.9 Å². The summed E-state index contributed by atoms with van der Waals surface area (Å²) in [5, 5.41) is 5.11. The van der Waals surface area contributed by atoms with E-state index in [2.05, 4.69) is 10.6 Å². The molecule has 0 aliphatic heterocycles. The lowest BCUT2D eigenvalue weighted by atomic mass is 10.1. The summed E-state index contributed by atoms with van der Waals surface area (Å²) in [6, 6.07) is 30.0. The number of nitrogens with one attached hydrogen (secondary N) is 2. The minimum absolute atomic E-state index is 0.232. The van der Waals surface area contributed by atoms with E-state index in [-0.39, 0.29) is 17.4 Å². The average molecular weight is 512 g/mol. The van der Waals surface area contributed by atoms with E-state index >= 15 is 0 Å². The number of hydrogen-bond acceptors (Lipinski definition) is 5. The van der Waals surface area contributed by atoms with Gasteiger partial charge in [0.05, 0.1) is 18.4 Å². The second-order valence-electron chi connectivity index (χ2n) is 8.02. The van der Waals surface area contributed by atoms with Gasteiger partial charge in [-0.1, -0.05) is 48.5 Å². The summed E-state index contributed by atoms with van der Waals surface area (Å²) in [5.41, 5.74) is 7.93. The number of benzene rings is 4. The number of hydrogen-bond donors (Lipinski definition) is 3. The number of para-hydroxylation sites is 1. The number of rotatable bonds is 9. The molecule has 1 unspecified atom stereocenters. The molecule has 7 nitrogen and oxygen atoms in total. The van der Waals surface area contributed by atoms with Crippen LogP contribution in [0.1, 0.15) is 31.5 Å². The Labute approximate surface area is 219 Å². The van der Waals surface area contributed by atoms with Gasteiger partial charge >= 0.3 is 0 Å². The van der Waals surface area contributed by atoms with E-state index in [9.17, 15) is 14.4 Å². The normalized spacial score (nSPS) is 11.3. The minimum atomic E-state index is -0.630. The molecule has 3 amide bonds. The standard InChI is InChI=1S/C29H25N3O4S/c1-36-22-16-14-20(15-17-22)28(34)31-21-10-7-11-23(18-21)37-26(19-8-3-2-4-9-19)29(35)32-25-13-6-5-12-24(25)27(30)33/h2-18,26H,1H3,(H2,30,33)(H,31,34)(H,32,35). The first-order chi connectivity index (χ1) is 17.9. The molecule has 0 saturated heterocycles. The molecule has 8 heteroatoms. The van der Waals surface area contributed by atoms with Gasteiger partial charge in [0.15, 0.2) is 0 Å². The second kappa shape index (κ2) is 11.9. The number of carbonyl (C=O) groups excluding carboxylic acids is 3. The second-order valence-corrected chi connectivity index (χ2v) is 9.20. The fraction of sp³-hybridized carbons (Fsp3) is 0.0690. The van der Waals surface area contributed by atoms with Crippen molar-refractivity contribution in [2.45, 2.75) is 10.1 Å². The molecule has 0 saturated carbocycles. The van der Waals surface area contributed by atoms with Crippen LogP contribution in [-0.4, -0.2) is 24.8 Å². The lowest BCUT2D eigenvalue weighted by Crippen LogP contribution is -2.22. The van der Waals surface area contributed by atoms with Gasteiger partial charge in [0.1, 0.15) is 11.0 Å². The Hall–Kier alpha value is -4.56. The Bertz CT molecular complexity index is 1410. The fourth-order valence-corrected chi connectivity index (χ4v) is 4.72. The summed E-state index contributed by atoms with van der Waals surface area (Å²) < 4.78 is 5.14. The zero-order valence-electron chi connectivity index (χ0n) is 20.0. The quantitative estimate of drug-likeness (QED) is 0.256. The largest absolute Gasteiger partial charge is 0.497 e. The molecule has 4 rings (SSSR count). The highest BCUT2D eigenvalue weighted by molar-refractivity contribution is 8.00. The average Bonchev–Trinajstić information content (AvgIpc) is 2.92. The summed E-state index contributed by atoms with van der Waals surface area (Å²) in [5.74, 6) is -0.526. The molecule has 0 spiro atoms. The molecule has 0 heterocycles. The van der Waals surface area contributed by atoms with Crippen LogP contribution in [0.15, 0.2) is 108 Å². The smallest absolute Gasteiger partial charge is 0.255 e. The van der Waals surface area contributed by atoms with Gasteiger partial charge in [-0.15, -0.1) is 11.8 Å². The monoisotopic (exact) mass is 511 g/mol. The number of primary amides is 1. The summed E-state index contributed by atoms with van der Waals surface area (Å²) in [7, 11) is 1.57. The van der Waals surface area contributed by atoms with Crippen molar-refractivity contribution in [3.63, 3.8) is 0 Å². The van der Waals surface area contributed by atoms with Crippen LogP contribution in [0.2, 0.25) is 0 Å². The minimum Gasteiger partial charge on any atom is -0.497 e. The van der Waals surface area contributed by atoms with E-state index in [0.717, 1.165) is 10.5 Å². The topological polar surface area (TPSA) is 111 Å². The van der Waals surface area contributed by atoms with Crippen molar-refractivity contribution in [1.82, 2.24) is 0 Å². The highest BCUT2D eigenvalue weighted by Gasteiger charge is 2.23. The Morgan fingerprint density at radius 3 is 2.22 bits per heavy atom. The highest BCUT2D eigenvalue weighted by Crippen LogP contribution is 2.37. The molecule has 0 bridgehead atoms. The van der Waals surface area contributed by atoms with Crippen LogP contribution < -0.4 is 21.1 Å². The van der Waals surface area contributed by atoms with Crippen LogP contribution in [0.25, 0.3) is 0 Å². The molecule has 0 aromatic heterocycles. The zero-order valence-corrected chi connectivity index (χ0v) is 20.8. The van der Waals surface area contributed by atoms with Gasteiger partial charge in [0.25, 0.3) is 11.8 Å². The maximum absolute atomic E-state index is 13.4. The van der Waals surface area contributed by atoms with Crippen molar-refractivity contribution in [3.05, 3.63) is 120 Å². The van der Waals surface area contributed by atoms with Crippen molar-refractivity contribution in [3.8, 4) is 5.75 Å². The van der Waals surface area contributed by atoms with E-state index < -0.39 is 11.2 Å². The van der Waals surface area contributed by atoms with Gasteiger partial charge in [-0.2, -0.15) is 0 Å². The van der Waals surface area contributed by atoms with Gasteiger partial charge in [-0.05, 0) is 60.2 Å². The van der Waals surface area contributed by atoms with E-state index in [1.165, 1.54) is 11.8 Å². The molecule has 0 radical (unpaired) electrons. The van der Waals surface area contributed by atoms with Crippen molar-refractivity contribution < 1.29 is 19.1 Å². The third-order valence-electron chi connectivity index (χ3n) is 5.49. The summed E-state index contributed by atoms with van der Waals surface area (Å²) in [6.45, 7) is 0. The van der Waals surface area contributed by atoms with E-state index in [4.69, 9.17) is 10.5 Å². The lowest BCUT2D eigenvalue weighted by Gasteiger charge is -2.18. The molecule has 4 N–H and O–H groups in total. The van der Waals surface area contributed by atoms with E-state index in [1.807, 2.05) is 48.5 Å². The Balaban J connectivity index is 1.55. The van der Waals surface area contributed by atoms with Crippen LogP contribution in [0.5, 0.6) is 5.75 Å². The molecule has 1 atom stereocenters. The lowest BCUT2D eigenvalue weighted by molar-refractivity contribution is -0.115. The number of anilines is 2. The predicted molar refractivity (Wildman–Crippen MR) is 146 cm³/mol. The number of methoxy groups -OCH3 is 1. The van der Waals surface area contributed by atoms with Crippen LogP contribution in [0.3, 0.4) is 0 Å². The van der Waals surface area contributed by atoms with Gasteiger partial charge in [0.2, 0.25) is 5.91 Å². The third kappa shape index (κ3) is 6.56. The van der Waals surface area contributed by atoms with Crippen LogP contribution in [-0.2, 0) is 4.79 Å². The fourth-order valence-electron chi connectivity index (χ4n) is 3.63. The van der Waals surface area contributed by atoms with Crippen LogP contribution >= 0.6 is 11.8 Å². The Morgan fingerprint density at radius 2 is 1.51 bits per heavy atom. The first kappa shape index (κ1) is 25.5. The molecular formula is C29H25N3O4S. The molecule has 4 aromatic carbocycles. The van der Waals surface area contributed by atoms with Gasteiger partial charge in [-0.3, -0.25) is 14.4 Å². The van der Waals surface area contributed by atoms with E-state index in [0.29, 0.717) is 22.7 Å². The first-order valence-electron chi connectivity index (χ1n) is 11.4. The number of nitrogens with two attached hydrogens (primary N) is 1. The Morgan fingerprint density at radius 1 is 0.811 bits per heavy atom. The van der Waals surface area contributed by atoms with Gasteiger partial charge in [-0.25, -0.2) is 0 Å². The predicted octanol–water partition coefficient (Wildman–Crippen LogP) is 5.52.